The molecular formula is C11H11Br3N2O3. The van der Waals surface area contributed by atoms with Crippen LogP contribution in [-0.4, -0.2) is 23.1 Å². The number of benzene rings is 1. The van der Waals surface area contributed by atoms with Crippen molar-refractivity contribution in [3.8, 4) is 0 Å². The van der Waals surface area contributed by atoms with Crippen LogP contribution in [0.3, 0.4) is 0 Å². The second kappa shape index (κ2) is 7.25. The summed E-state index contributed by atoms with van der Waals surface area (Å²) in [5.41, 5.74) is 0.529. The Hall–Kier alpha value is -0.600. The minimum atomic E-state index is -1.06. The summed E-state index contributed by atoms with van der Waals surface area (Å²) in [6.07, 6.45) is 0.311. The third-order valence-corrected chi connectivity index (χ3v) is 3.97. The minimum absolute atomic E-state index is 0.311. The molecule has 0 fully saturated rings. The van der Waals surface area contributed by atoms with Crippen LogP contribution in [0.15, 0.2) is 25.6 Å². The summed E-state index contributed by atoms with van der Waals surface area (Å²) in [5.74, 6) is -1.06. The average molecular weight is 459 g/mol. The van der Waals surface area contributed by atoms with Crippen LogP contribution in [0, 0.1) is 0 Å². The van der Waals surface area contributed by atoms with Crippen LogP contribution >= 0.6 is 47.8 Å². The summed E-state index contributed by atoms with van der Waals surface area (Å²) in [6.45, 7) is 1.69. The Morgan fingerprint density at radius 1 is 1.26 bits per heavy atom. The van der Waals surface area contributed by atoms with Crippen molar-refractivity contribution < 1.29 is 14.7 Å². The van der Waals surface area contributed by atoms with Crippen LogP contribution in [0.25, 0.3) is 0 Å². The monoisotopic (exact) mass is 456 g/mol. The lowest BCUT2D eigenvalue weighted by Gasteiger charge is -2.15. The maximum atomic E-state index is 11.7. The predicted molar refractivity (Wildman–Crippen MR) is 83.4 cm³/mol. The van der Waals surface area contributed by atoms with Gasteiger partial charge in [-0.15, -0.1) is 0 Å². The number of amides is 2. The largest absolute Gasteiger partial charge is 0.480 e. The van der Waals surface area contributed by atoms with Crippen molar-refractivity contribution in [2.24, 2.45) is 0 Å². The normalized spacial score (nSPS) is 11.8. The SMILES string of the molecule is CC[C@@H](NC(=O)Nc1c(Br)cc(Br)cc1Br)C(=O)O. The lowest BCUT2D eigenvalue weighted by molar-refractivity contribution is -0.139. The molecular weight excluding hydrogens is 448 g/mol. The van der Waals surface area contributed by atoms with E-state index in [9.17, 15) is 9.59 Å². The molecule has 1 aromatic rings. The minimum Gasteiger partial charge on any atom is -0.480 e. The highest BCUT2D eigenvalue weighted by Crippen LogP contribution is 2.34. The number of rotatable bonds is 4. The maximum Gasteiger partial charge on any atom is 0.326 e. The van der Waals surface area contributed by atoms with E-state index in [1.165, 1.54) is 0 Å². The predicted octanol–water partition coefficient (Wildman–Crippen LogP) is 3.96. The van der Waals surface area contributed by atoms with Gasteiger partial charge in [-0.25, -0.2) is 9.59 Å². The molecule has 19 heavy (non-hydrogen) atoms. The number of nitrogens with one attached hydrogen (secondary N) is 2. The summed E-state index contributed by atoms with van der Waals surface area (Å²) >= 11 is 9.96. The van der Waals surface area contributed by atoms with Crippen LogP contribution in [0.5, 0.6) is 0 Å². The van der Waals surface area contributed by atoms with Gasteiger partial charge in [0.25, 0.3) is 0 Å². The molecule has 0 spiro atoms. The third kappa shape index (κ3) is 4.77. The van der Waals surface area contributed by atoms with Crippen molar-refractivity contribution in [2.45, 2.75) is 19.4 Å². The molecule has 0 heterocycles. The molecule has 1 atom stereocenters. The van der Waals surface area contributed by atoms with Crippen LogP contribution in [0.1, 0.15) is 13.3 Å². The van der Waals surface area contributed by atoms with Crippen molar-refractivity contribution in [1.29, 1.82) is 0 Å². The van der Waals surface area contributed by atoms with E-state index in [-0.39, 0.29) is 0 Å². The molecule has 8 heteroatoms. The molecule has 104 valence electrons. The smallest absolute Gasteiger partial charge is 0.326 e. The first kappa shape index (κ1) is 16.5. The van der Waals surface area contributed by atoms with Crippen molar-refractivity contribution in [3.63, 3.8) is 0 Å². The fraction of sp³-hybridized carbons (Fsp3) is 0.273. The third-order valence-electron chi connectivity index (χ3n) is 2.26. The number of urea groups is 1. The first-order chi connectivity index (χ1) is 8.85. The van der Waals surface area contributed by atoms with Gasteiger partial charge in [0.2, 0.25) is 0 Å². The molecule has 0 unspecified atom stereocenters. The number of carboxylic acid groups (broad SMARTS) is 1. The first-order valence-corrected chi connectivity index (χ1v) is 7.68. The number of carbonyl (C=O) groups excluding carboxylic acids is 1. The van der Waals surface area contributed by atoms with E-state index in [1.807, 2.05) is 0 Å². The number of aliphatic carboxylic acids is 1. The average Bonchev–Trinajstić information content (AvgIpc) is 2.30. The van der Waals surface area contributed by atoms with Gasteiger partial charge in [0.05, 0.1) is 5.69 Å². The summed E-state index contributed by atoms with van der Waals surface area (Å²) in [5, 5.41) is 13.8. The van der Waals surface area contributed by atoms with E-state index in [1.54, 1.807) is 19.1 Å². The Labute approximate surface area is 135 Å². The Balaban J connectivity index is 2.80. The van der Waals surface area contributed by atoms with Crippen LogP contribution in [0.4, 0.5) is 10.5 Å². The summed E-state index contributed by atoms with van der Waals surface area (Å²) in [7, 11) is 0. The van der Waals surface area contributed by atoms with Gasteiger partial charge in [0.15, 0.2) is 0 Å². The van der Waals surface area contributed by atoms with E-state index in [0.717, 1.165) is 4.47 Å². The van der Waals surface area contributed by atoms with Crippen molar-refractivity contribution in [3.05, 3.63) is 25.6 Å². The number of hydrogen-bond donors (Lipinski definition) is 3. The molecule has 0 aromatic heterocycles. The van der Waals surface area contributed by atoms with Crippen molar-refractivity contribution >= 4 is 65.5 Å². The van der Waals surface area contributed by atoms with Crippen molar-refractivity contribution in [2.75, 3.05) is 5.32 Å². The lowest BCUT2D eigenvalue weighted by atomic mass is 10.2. The topological polar surface area (TPSA) is 78.4 Å². The molecule has 0 aliphatic rings. The molecule has 0 aliphatic carbocycles. The highest BCUT2D eigenvalue weighted by Gasteiger charge is 2.18. The number of halogens is 3. The highest BCUT2D eigenvalue weighted by molar-refractivity contribution is 9.11. The quantitative estimate of drug-likeness (QED) is 0.639. The fourth-order valence-electron chi connectivity index (χ4n) is 1.31. The molecule has 0 bridgehead atoms. The number of carbonyl (C=O) groups is 2. The van der Waals surface area contributed by atoms with Gasteiger partial charge in [-0.2, -0.15) is 0 Å². The molecule has 0 aliphatic heterocycles. The van der Waals surface area contributed by atoms with E-state index >= 15 is 0 Å². The molecule has 0 radical (unpaired) electrons. The zero-order valence-corrected chi connectivity index (χ0v) is 14.6. The molecule has 3 N–H and O–H groups in total. The number of carboxylic acids is 1. The van der Waals surface area contributed by atoms with Crippen molar-refractivity contribution in [1.82, 2.24) is 5.32 Å². The van der Waals surface area contributed by atoms with Crippen LogP contribution in [0.2, 0.25) is 0 Å². The summed E-state index contributed by atoms with van der Waals surface area (Å²) in [6, 6.07) is 2.06. The molecule has 1 aromatic carbocycles. The van der Waals surface area contributed by atoms with Gasteiger partial charge in [-0.3, -0.25) is 0 Å². The summed E-state index contributed by atoms with van der Waals surface area (Å²) < 4.78 is 2.19. The highest BCUT2D eigenvalue weighted by atomic mass is 79.9. The van der Waals surface area contributed by atoms with Crippen LogP contribution < -0.4 is 10.6 Å². The first-order valence-electron chi connectivity index (χ1n) is 5.30. The van der Waals surface area contributed by atoms with Gasteiger partial charge in [0.1, 0.15) is 6.04 Å². The van der Waals surface area contributed by atoms with Gasteiger partial charge in [-0.05, 0) is 50.4 Å². The van der Waals surface area contributed by atoms with Gasteiger partial charge in [0, 0.05) is 13.4 Å². The molecule has 2 amide bonds. The molecule has 5 nitrogen and oxygen atoms in total. The molecule has 1 rings (SSSR count). The molecule has 0 saturated carbocycles. The van der Waals surface area contributed by atoms with E-state index < -0.39 is 18.0 Å². The zero-order valence-electron chi connectivity index (χ0n) is 9.84. The Morgan fingerprint density at radius 2 is 1.79 bits per heavy atom. The second-order valence-electron chi connectivity index (χ2n) is 3.64. The maximum absolute atomic E-state index is 11.7. The summed E-state index contributed by atoms with van der Waals surface area (Å²) in [4.78, 5) is 22.6. The van der Waals surface area contributed by atoms with E-state index in [2.05, 4.69) is 58.4 Å². The Morgan fingerprint density at radius 3 is 2.21 bits per heavy atom. The Bertz CT molecular complexity index is 485. The van der Waals surface area contributed by atoms with E-state index in [0.29, 0.717) is 21.1 Å². The second-order valence-corrected chi connectivity index (χ2v) is 6.27. The lowest BCUT2D eigenvalue weighted by Crippen LogP contribution is -2.42. The van der Waals surface area contributed by atoms with E-state index in [4.69, 9.17) is 5.11 Å². The standard InChI is InChI=1S/C11H11Br3N2O3/c1-2-8(10(17)18)15-11(19)16-9-6(13)3-5(12)4-7(9)14/h3-4,8H,2H2,1H3,(H,17,18)(H2,15,16,19)/t8-/m1/s1. The zero-order chi connectivity index (χ0) is 14.6. The Kier molecular flexibility index (Phi) is 6.28. The van der Waals surface area contributed by atoms with Crippen LogP contribution in [-0.2, 0) is 4.79 Å². The molecule has 0 saturated heterocycles. The van der Waals surface area contributed by atoms with Gasteiger partial charge in [-0.1, -0.05) is 22.9 Å². The van der Waals surface area contributed by atoms with Gasteiger partial charge < -0.3 is 15.7 Å². The number of anilines is 1. The fourth-order valence-corrected chi connectivity index (χ4v) is 3.76. The van der Waals surface area contributed by atoms with Gasteiger partial charge >= 0.3 is 12.0 Å². The number of hydrogen-bond acceptors (Lipinski definition) is 2.